The van der Waals surface area contributed by atoms with E-state index in [-0.39, 0.29) is 0 Å². The van der Waals surface area contributed by atoms with Crippen molar-refractivity contribution >= 4 is 21.6 Å². The second-order valence-corrected chi connectivity index (χ2v) is 5.45. The molecule has 2 N–H and O–H groups in total. The Morgan fingerprint density at radius 2 is 1.90 bits per heavy atom. The molecule has 0 unspecified atom stereocenters. The molecule has 102 valence electrons. The molecule has 0 bridgehead atoms. The number of anilines is 1. The molecule has 0 radical (unpaired) electrons. The number of nitrogen functional groups attached to an aromatic ring is 1. The number of nitrogens with zero attached hydrogens (tertiary/aromatic N) is 1. The van der Waals surface area contributed by atoms with Crippen molar-refractivity contribution in [3.8, 4) is 11.8 Å². The minimum absolute atomic E-state index is 0.430. The molecule has 2 rings (SSSR count). The van der Waals surface area contributed by atoms with E-state index in [0.717, 1.165) is 26.9 Å². The Bertz CT molecular complexity index is 666. The summed E-state index contributed by atoms with van der Waals surface area (Å²) in [5.74, 6) is 0.818. The fraction of sp³-hybridized carbons (Fsp3) is 0.188. The van der Waals surface area contributed by atoms with Crippen LogP contribution in [0.25, 0.3) is 0 Å². The van der Waals surface area contributed by atoms with Crippen LogP contribution in [-0.2, 0) is 6.61 Å². The highest BCUT2D eigenvalue weighted by Gasteiger charge is 2.09. The first-order valence-electron chi connectivity index (χ1n) is 6.20. The maximum Gasteiger partial charge on any atom is 0.125 e. The summed E-state index contributed by atoms with van der Waals surface area (Å²) in [6, 6.07) is 11.5. The number of rotatable bonds is 3. The maximum atomic E-state index is 8.94. The van der Waals surface area contributed by atoms with Gasteiger partial charge in [0, 0.05) is 15.7 Å². The molecule has 0 spiro atoms. The number of nitrogens with two attached hydrogens (primary N) is 1. The van der Waals surface area contributed by atoms with E-state index in [0.29, 0.717) is 17.9 Å². The van der Waals surface area contributed by atoms with Crippen LogP contribution < -0.4 is 10.5 Å². The lowest BCUT2D eigenvalue weighted by Gasteiger charge is -2.14. The first kappa shape index (κ1) is 14.4. The van der Waals surface area contributed by atoms with E-state index in [9.17, 15) is 0 Å². The number of halogens is 1. The summed E-state index contributed by atoms with van der Waals surface area (Å²) in [7, 11) is 0. The van der Waals surface area contributed by atoms with Gasteiger partial charge in [-0.2, -0.15) is 5.26 Å². The number of hydrogen-bond donors (Lipinski definition) is 1. The van der Waals surface area contributed by atoms with Crippen LogP contribution in [0.15, 0.2) is 34.8 Å². The maximum absolute atomic E-state index is 8.94. The van der Waals surface area contributed by atoms with Gasteiger partial charge in [0.25, 0.3) is 0 Å². The van der Waals surface area contributed by atoms with Gasteiger partial charge in [-0.3, -0.25) is 0 Å². The number of nitriles is 1. The zero-order chi connectivity index (χ0) is 14.7. The van der Waals surface area contributed by atoms with Crippen LogP contribution >= 0.6 is 15.9 Å². The van der Waals surface area contributed by atoms with Crippen molar-refractivity contribution in [1.82, 2.24) is 0 Å². The molecule has 2 aromatic rings. The average molecular weight is 331 g/mol. The van der Waals surface area contributed by atoms with E-state index in [1.165, 1.54) is 0 Å². The van der Waals surface area contributed by atoms with Crippen molar-refractivity contribution in [1.29, 1.82) is 5.26 Å². The average Bonchev–Trinajstić information content (AvgIpc) is 2.42. The van der Waals surface area contributed by atoms with Crippen molar-refractivity contribution in [2.75, 3.05) is 5.73 Å². The zero-order valence-electron chi connectivity index (χ0n) is 11.4. The van der Waals surface area contributed by atoms with Gasteiger partial charge in [0.2, 0.25) is 0 Å². The third-order valence-corrected chi connectivity index (χ3v) is 4.04. The largest absolute Gasteiger partial charge is 0.488 e. The molecule has 0 aliphatic carbocycles. The molecule has 0 aliphatic heterocycles. The van der Waals surface area contributed by atoms with Crippen molar-refractivity contribution in [2.24, 2.45) is 0 Å². The zero-order valence-corrected chi connectivity index (χ0v) is 13.0. The van der Waals surface area contributed by atoms with Crippen LogP contribution in [0.3, 0.4) is 0 Å². The van der Waals surface area contributed by atoms with Gasteiger partial charge in [-0.15, -0.1) is 0 Å². The highest BCUT2D eigenvalue weighted by molar-refractivity contribution is 9.10. The third kappa shape index (κ3) is 2.94. The predicted molar refractivity (Wildman–Crippen MR) is 83.5 cm³/mol. The van der Waals surface area contributed by atoms with Crippen molar-refractivity contribution in [3.63, 3.8) is 0 Å². The molecule has 0 aromatic heterocycles. The molecule has 3 nitrogen and oxygen atoms in total. The Morgan fingerprint density at radius 3 is 2.50 bits per heavy atom. The summed E-state index contributed by atoms with van der Waals surface area (Å²) in [6.07, 6.45) is 0. The molecular weight excluding hydrogens is 316 g/mol. The Balaban J connectivity index is 2.24. The Labute approximate surface area is 127 Å². The number of hydrogen-bond acceptors (Lipinski definition) is 3. The van der Waals surface area contributed by atoms with Crippen LogP contribution in [0.4, 0.5) is 5.69 Å². The van der Waals surface area contributed by atoms with Crippen LogP contribution in [-0.4, -0.2) is 0 Å². The quantitative estimate of drug-likeness (QED) is 0.862. The van der Waals surface area contributed by atoms with E-state index in [1.807, 2.05) is 44.2 Å². The van der Waals surface area contributed by atoms with E-state index in [1.54, 1.807) is 0 Å². The summed E-state index contributed by atoms with van der Waals surface area (Å²) in [5, 5.41) is 8.94. The summed E-state index contributed by atoms with van der Waals surface area (Å²) < 4.78 is 6.76. The Hall–Kier alpha value is -1.99. The summed E-state index contributed by atoms with van der Waals surface area (Å²) in [5.41, 5.74) is 10.1. The van der Waals surface area contributed by atoms with Gasteiger partial charge >= 0.3 is 0 Å². The van der Waals surface area contributed by atoms with Gasteiger partial charge in [-0.25, -0.2) is 0 Å². The summed E-state index contributed by atoms with van der Waals surface area (Å²) in [4.78, 5) is 0. The van der Waals surface area contributed by atoms with Crippen LogP contribution in [0, 0.1) is 25.2 Å². The lowest BCUT2D eigenvalue weighted by Crippen LogP contribution is -2.01. The van der Waals surface area contributed by atoms with Crippen molar-refractivity contribution in [2.45, 2.75) is 20.5 Å². The molecule has 0 aliphatic rings. The highest BCUT2D eigenvalue weighted by Crippen LogP contribution is 2.28. The lowest BCUT2D eigenvalue weighted by atomic mass is 10.1. The predicted octanol–water partition coefficient (Wildman–Crippen LogP) is 4.10. The summed E-state index contributed by atoms with van der Waals surface area (Å²) >= 11 is 3.47. The van der Waals surface area contributed by atoms with Crippen molar-refractivity contribution in [3.05, 3.63) is 57.1 Å². The number of aryl methyl sites for hydroxylation is 2. The molecule has 2 aromatic carbocycles. The highest BCUT2D eigenvalue weighted by atomic mass is 79.9. The van der Waals surface area contributed by atoms with E-state index in [4.69, 9.17) is 15.7 Å². The van der Waals surface area contributed by atoms with Gasteiger partial charge in [0.1, 0.15) is 12.4 Å². The smallest absolute Gasteiger partial charge is 0.125 e. The SMILES string of the molecule is Cc1cc(C#N)cc(C)c1OCc1cccc(N)c1Br. The molecule has 0 heterocycles. The van der Waals surface area contributed by atoms with Crippen LogP contribution in [0.1, 0.15) is 22.3 Å². The van der Waals surface area contributed by atoms with E-state index < -0.39 is 0 Å². The normalized spacial score (nSPS) is 10.1. The van der Waals surface area contributed by atoms with Crippen LogP contribution in [0.2, 0.25) is 0 Å². The van der Waals surface area contributed by atoms with Crippen molar-refractivity contribution < 1.29 is 4.74 Å². The second kappa shape index (κ2) is 5.98. The summed E-state index contributed by atoms with van der Waals surface area (Å²) in [6.45, 7) is 4.31. The topological polar surface area (TPSA) is 59.0 Å². The molecule has 0 fully saturated rings. The molecule has 0 atom stereocenters. The standard InChI is InChI=1S/C16H15BrN2O/c1-10-6-12(8-18)7-11(2)16(10)20-9-13-4-3-5-14(19)15(13)17/h3-7H,9,19H2,1-2H3. The lowest BCUT2D eigenvalue weighted by molar-refractivity contribution is 0.301. The minimum Gasteiger partial charge on any atom is -0.488 e. The first-order valence-corrected chi connectivity index (χ1v) is 6.99. The molecule has 0 saturated carbocycles. The van der Waals surface area contributed by atoms with Gasteiger partial charge < -0.3 is 10.5 Å². The molecular formula is C16H15BrN2O. The molecule has 0 saturated heterocycles. The van der Waals surface area contributed by atoms with E-state index in [2.05, 4.69) is 22.0 Å². The molecule has 4 heteroatoms. The Morgan fingerprint density at radius 1 is 1.25 bits per heavy atom. The van der Waals surface area contributed by atoms with Gasteiger partial charge in [-0.1, -0.05) is 12.1 Å². The van der Waals surface area contributed by atoms with Crippen LogP contribution in [0.5, 0.6) is 5.75 Å². The second-order valence-electron chi connectivity index (χ2n) is 4.66. The van der Waals surface area contributed by atoms with Gasteiger partial charge in [-0.05, 0) is 59.1 Å². The van der Waals surface area contributed by atoms with E-state index >= 15 is 0 Å². The monoisotopic (exact) mass is 330 g/mol. The van der Waals surface area contributed by atoms with Gasteiger partial charge in [0.05, 0.1) is 11.6 Å². The molecule has 0 amide bonds. The third-order valence-electron chi connectivity index (χ3n) is 3.07. The fourth-order valence-electron chi connectivity index (χ4n) is 2.10. The Kier molecular flexibility index (Phi) is 4.31. The number of ether oxygens (including phenoxy) is 1. The first-order chi connectivity index (χ1) is 9.52. The van der Waals surface area contributed by atoms with Gasteiger partial charge in [0.15, 0.2) is 0 Å². The minimum atomic E-state index is 0.430. The fourth-order valence-corrected chi connectivity index (χ4v) is 2.48. The molecule has 20 heavy (non-hydrogen) atoms. The number of benzene rings is 2.